The molecule has 1 unspecified atom stereocenters. The van der Waals surface area contributed by atoms with Crippen LogP contribution >= 0.6 is 0 Å². The Labute approximate surface area is 96.1 Å². The summed E-state index contributed by atoms with van der Waals surface area (Å²) in [4.78, 5) is 10.5. The number of hydrogen-bond donors (Lipinski definition) is 1. The predicted molar refractivity (Wildman–Crippen MR) is 63.6 cm³/mol. The first kappa shape index (κ1) is 12.3. The van der Waals surface area contributed by atoms with E-state index in [0.29, 0.717) is 12.4 Å². The monoisotopic (exact) mass is 219 g/mol. The van der Waals surface area contributed by atoms with E-state index >= 15 is 0 Å². The van der Waals surface area contributed by atoms with Crippen LogP contribution in [-0.4, -0.2) is 13.4 Å². The number of ether oxygens (including phenoxy) is 1. The highest BCUT2D eigenvalue weighted by atomic mass is 16.5. The van der Waals surface area contributed by atoms with Gasteiger partial charge in [-0.25, -0.2) is 0 Å². The molecular weight excluding hydrogens is 202 g/mol. The molecule has 0 amide bonds. The van der Waals surface area contributed by atoms with Crippen LogP contribution in [0.2, 0.25) is 0 Å². The van der Waals surface area contributed by atoms with Crippen molar-refractivity contribution >= 4 is 6.29 Å². The van der Waals surface area contributed by atoms with Gasteiger partial charge in [0.2, 0.25) is 0 Å². The Morgan fingerprint density at radius 3 is 2.69 bits per heavy atom. The van der Waals surface area contributed by atoms with Crippen LogP contribution in [0.25, 0.3) is 0 Å². The summed E-state index contributed by atoms with van der Waals surface area (Å²) in [6.45, 7) is 2.50. The van der Waals surface area contributed by atoms with Gasteiger partial charge in [0, 0.05) is 12.5 Å². The second kappa shape index (κ2) is 6.67. The highest BCUT2D eigenvalue weighted by molar-refractivity contribution is 5.55. The van der Waals surface area contributed by atoms with Crippen molar-refractivity contribution in [3.05, 3.63) is 47.9 Å². The Morgan fingerprint density at radius 2 is 2.12 bits per heavy atom. The molecule has 0 aromatic heterocycles. The molecule has 0 saturated heterocycles. The van der Waals surface area contributed by atoms with Crippen LogP contribution in [0.1, 0.15) is 12.5 Å². The Bertz CT molecular complexity index is 346. The molecule has 3 nitrogen and oxygen atoms in total. The fourth-order valence-electron chi connectivity index (χ4n) is 1.26. The summed E-state index contributed by atoms with van der Waals surface area (Å²) in [6.07, 6.45) is 2.64. The molecule has 0 bridgehead atoms. The number of carbonyl (C=O) groups excluding carboxylic acids is 1. The molecule has 3 heteroatoms. The fraction of sp³-hybridized carbons (Fsp3) is 0.308. The van der Waals surface area contributed by atoms with Gasteiger partial charge in [-0.3, -0.25) is 0 Å². The van der Waals surface area contributed by atoms with Crippen molar-refractivity contribution in [1.82, 2.24) is 5.32 Å². The molecule has 0 spiro atoms. The number of benzene rings is 1. The van der Waals surface area contributed by atoms with Crippen molar-refractivity contribution in [3.63, 3.8) is 0 Å². The minimum absolute atomic E-state index is 0.141. The average molecular weight is 219 g/mol. The van der Waals surface area contributed by atoms with Crippen molar-refractivity contribution in [2.24, 2.45) is 5.92 Å². The number of methoxy groups -OCH3 is 1. The van der Waals surface area contributed by atoms with E-state index in [0.717, 1.165) is 6.29 Å². The molecule has 0 aliphatic heterocycles. The molecular formula is C13H17NO2. The zero-order valence-electron chi connectivity index (χ0n) is 9.64. The van der Waals surface area contributed by atoms with Gasteiger partial charge in [0.1, 0.15) is 6.29 Å². The molecule has 0 fully saturated rings. The number of hydrogen-bond acceptors (Lipinski definition) is 3. The fourth-order valence-corrected chi connectivity index (χ4v) is 1.26. The van der Waals surface area contributed by atoms with Crippen molar-refractivity contribution in [1.29, 1.82) is 0 Å². The van der Waals surface area contributed by atoms with Gasteiger partial charge in [-0.1, -0.05) is 37.3 Å². The van der Waals surface area contributed by atoms with Crippen LogP contribution in [0, 0.1) is 5.92 Å². The van der Waals surface area contributed by atoms with E-state index in [1.165, 1.54) is 5.56 Å². The molecule has 0 aliphatic rings. The minimum Gasteiger partial charge on any atom is -0.483 e. The SMILES string of the molecule is COC(=CC(C)C=O)NCc1ccccc1. The van der Waals surface area contributed by atoms with E-state index in [2.05, 4.69) is 5.32 Å². The average Bonchev–Trinajstić information content (AvgIpc) is 2.35. The van der Waals surface area contributed by atoms with Crippen molar-refractivity contribution < 1.29 is 9.53 Å². The lowest BCUT2D eigenvalue weighted by molar-refractivity contribution is -0.109. The standard InChI is InChI=1S/C13H17NO2/c1-11(10-15)8-13(16-2)14-9-12-6-4-3-5-7-12/h3-8,10-11,14H,9H2,1-2H3. The van der Waals surface area contributed by atoms with E-state index in [1.54, 1.807) is 13.2 Å². The maximum absolute atomic E-state index is 10.5. The first-order valence-corrected chi connectivity index (χ1v) is 5.25. The van der Waals surface area contributed by atoms with Gasteiger partial charge < -0.3 is 14.8 Å². The highest BCUT2D eigenvalue weighted by Gasteiger charge is 2.00. The second-order valence-corrected chi connectivity index (χ2v) is 3.57. The molecule has 1 rings (SSSR count). The van der Waals surface area contributed by atoms with Crippen molar-refractivity contribution in [2.75, 3.05) is 7.11 Å². The van der Waals surface area contributed by atoms with Gasteiger partial charge in [-0.05, 0) is 11.6 Å². The Hall–Kier alpha value is -1.77. The van der Waals surface area contributed by atoms with Gasteiger partial charge in [0.15, 0.2) is 5.88 Å². The number of nitrogens with one attached hydrogen (secondary N) is 1. The quantitative estimate of drug-likeness (QED) is 0.588. The molecule has 0 radical (unpaired) electrons. The summed E-state index contributed by atoms with van der Waals surface area (Å²) < 4.78 is 5.14. The molecule has 0 aliphatic carbocycles. The first-order valence-electron chi connectivity index (χ1n) is 5.25. The maximum Gasteiger partial charge on any atom is 0.183 e. The Kier molecular flexibility index (Phi) is 5.12. The predicted octanol–water partition coefficient (Wildman–Crippen LogP) is 2.10. The molecule has 0 heterocycles. The lowest BCUT2D eigenvalue weighted by Crippen LogP contribution is -2.15. The van der Waals surface area contributed by atoms with Crippen LogP contribution in [0.15, 0.2) is 42.3 Å². The molecule has 1 atom stereocenters. The van der Waals surface area contributed by atoms with E-state index in [9.17, 15) is 4.79 Å². The van der Waals surface area contributed by atoms with Gasteiger partial charge in [0.05, 0.1) is 7.11 Å². The molecule has 16 heavy (non-hydrogen) atoms. The van der Waals surface area contributed by atoms with E-state index in [-0.39, 0.29) is 5.92 Å². The number of allylic oxidation sites excluding steroid dienone is 1. The third kappa shape index (κ3) is 4.17. The number of carbonyl (C=O) groups is 1. The normalized spacial score (nSPS) is 13.0. The lowest BCUT2D eigenvalue weighted by atomic mass is 10.2. The van der Waals surface area contributed by atoms with Crippen molar-refractivity contribution in [2.45, 2.75) is 13.5 Å². The zero-order chi connectivity index (χ0) is 11.8. The summed E-state index contributed by atoms with van der Waals surface area (Å²) in [6, 6.07) is 10.0. The Morgan fingerprint density at radius 1 is 1.44 bits per heavy atom. The Balaban J connectivity index is 2.52. The molecule has 0 saturated carbocycles. The van der Waals surface area contributed by atoms with Gasteiger partial charge in [-0.2, -0.15) is 0 Å². The third-order valence-electron chi connectivity index (χ3n) is 2.16. The molecule has 86 valence electrons. The van der Waals surface area contributed by atoms with Gasteiger partial charge >= 0.3 is 0 Å². The molecule has 1 aromatic carbocycles. The summed E-state index contributed by atoms with van der Waals surface area (Å²) >= 11 is 0. The molecule has 1 aromatic rings. The van der Waals surface area contributed by atoms with Gasteiger partial charge in [0.25, 0.3) is 0 Å². The van der Waals surface area contributed by atoms with Crippen molar-refractivity contribution in [3.8, 4) is 0 Å². The van der Waals surface area contributed by atoms with E-state index < -0.39 is 0 Å². The minimum atomic E-state index is -0.141. The highest BCUT2D eigenvalue weighted by Crippen LogP contribution is 2.02. The van der Waals surface area contributed by atoms with Crippen LogP contribution in [0.5, 0.6) is 0 Å². The summed E-state index contributed by atoms with van der Waals surface area (Å²) in [5.41, 5.74) is 1.17. The summed E-state index contributed by atoms with van der Waals surface area (Å²) in [5, 5.41) is 3.13. The maximum atomic E-state index is 10.5. The number of aldehydes is 1. The summed E-state index contributed by atoms with van der Waals surface area (Å²) in [5.74, 6) is 0.488. The van der Waals surface area contributed by atoms with Crippen LogP contribution in [0.4, 0.5) is 0 Å². The largest absolute Gasteiger partial charge is 0.483 e. The summed E-state index contributed by atoms with van der Waals surface area (Å²) in [7, 11) is 1.58. The molecule has 1 N–H and O–H groups in total. The van der Waals surface area contributed by atoms with E-state index in [4.69, 9.17) is 4.74 Å². The zero-order valence-corrected chi connectivity index (χ0v) is 9.64. The number of rotatable bonds is 6. The first-order chi connectivity index (χ1) is 7.76. The van der Waals surface area contributed by atoms with E-state index in [1.807, 2.05) is 37.3 Å². The van der Waals surface area contributed by atoms with Crippen LogP contribution in [0.3, 0.4) is 0 Å². The lowest BCUT2D eigenvalue weighted by Gasteiger charge is -2.10. The van der Waals surface area contributed by atoms with Crippen LogP contribution in [-0.2, 0) is 16.1 Å². The smallest absolute Gasteiger partial charge is 0.183 e. The second-order valence-electron chi connectivity index (χ2n) is 3.57. The van der Waals surface area contributed by atoms with Gasteiger partial charge in [-0.15, -0.1) is 0 Å². The van der Waals surface area contributed by atoms with Crippen LogP contribution < -0.4 is 5.32 Å². The topological polar surface area (TPSA) is 38.3 Å². The third-order valence-corrected chi connectivity index (χ3v) is 2.16.